The van der Waals surface area contributed by atoms with E-state index in [9.17, 15) is 17.9 Å². The minimum absolute atomic E-state index is 0.0463. The first-order chi connectivity index (χ1) is 9.94. The summed E-state index contributed by atoms with van der Waals surface area (Å²) >= 11 is 0. The summed E-state index contributed by atoms with van der Waals surface area (Å²) in [7, 11) is -3.11. The number of sulfone groups is 1. The van der Waals surface area contributed by atoms with Crippen LogP contribution in [-0.2, 0) is 9.84 Å². The van der Waals surface area contributed by atoms with E-state index in [4.69, 9.17) is 0 Å². The van der Waals surface area contributed by atoms with Gasteiger partial charge in [0.1, 0.15) is 5.82 Å². The molecule has 1 N–H and O–H groups in total. The van der Waals surface area contributed by atoms with Gasteiger partial charge >= 0.3 is 0 Å². The van der Waals surface area contributed by atoms with Gasteiger partial charge in [-0.05, 0) is 24.3 Å². The number of halogens is 1. The summed E-state index contributed by atoms with van der Waals surface area (Å²) in [4.78, 5) is 4.20. The first kappa shape index (κ1) is 14.7. The molecule has 2 atom stereocenters. The Morgan fingerprint density at radius 2 is 1.67 bits per heavy atom. The molecule has 0 bridgehead atoms. The van der Waals surface area contributed by atoms with E-state index < -0.39 is 15.9 Å². The zero-order valence-corrected chi connectivity index (χ0v) is 12.5. The maximum absolute atomic E-state index is 12.9. The summed E-state index contributed by atoms with van der Waals surface area (Å²) in [6.07, 6.45) is -0.785. The van der Waals surface area contributed by atoms with Crippen LogP contribution >= 0.6 is 0 Å². The number of hydrogen-bond acceptors (Lipinski definition) is 5. The Hall–Kier alpha value is -1.18. The molecule has 0 amide bonds. The van der Waals surface area contributed by atoms with Gasteiger partial charge in [0.15, 0.2) is 9.84 Å². The Morgan fingerprint density at radius 3 is 2.19 bits per heavy atom. The maximum atomic E-state index is 12.9. The topological polar surface area (TPSA) is 60.9 Å². The highest BCUT2D eigenvalue weighted by Crippen LogP contribution is 2.22. The van der Waals surface area contributed by atoms with Crippen molar-refractivity contribution in [3.05, 3.63) is 30.1 Å². The number of aliphatic hydroxyl groups is 1. The third kappa shape index (κ3) is 3.20. The second kappa shape index (κ2) is 5.55. The molecule has 2 saturated heterocycles. The second-order valence-electron chi connectivity index (χ2n) is 5.71. The molecule has 1 aromatic carbocycles. The lowest BCUT2D eigenvalue weighted by molar-refractivity contribution is 0.0793. The van der Waals surface area contributed by atoms with Gasteiger partial charge in [-0.25, -0.2) is 12.8 Å². The molecule has 2 aliphatic heterocycles. The minimum atomic E-state index is -3.11. The normalized spacial score (nSPS) is 29.7. The summed E-state index contributed by atoms with van der Waals surface area (Å²) in [5.41, 5.74) is 0.968. The smallest absolute Gasteiger partial charge is 0.154 e. The van der Waals surface area contributed by atoms with Gasteiger partial charge in [-0.2, -0.15) is 0 Å². The van der Waals surface area contributed by atoms with E-state index in [1.807, 2.05) is 0 Å². The van der Waals surface area contributed by atoms with Crippen LogP contribution in [0.5, 0.6) is 0 Å². The van der Waals surface area contributed by atoms with E-state index in [0.29, 0.717) is 13.1 Å². The van der Waals surface area contributed by atoms with Gasteiger partial charge < -0.3 is 10.0 Å². The number of aliphatic hydroxyl groups excluding tert-OH is 1. The van der Waals surface area contributed by atoms with Crippen LogP contribution in [0.1, 0.15) is 0 Å². The van der Waals surface area contributed by atoms with Crippen LogP contribution in [0.3, 0.4) is 0 Å². The molecular weight excluding hydrogens is 295 g/mol. The third-order valence-electron chi connectivity index (χ3n) is 4.27. The first-order valence-corrected chi connectivity index (χ1v) is 8.90. The highest BCUT2D eigenvalue weighted by molar-refractivity contribution is 7.91. The molecule has 21 heavy (non-hydrogen) atoms. The SMILES string of the molecule is O=S1(=O)C[C@@H](O)[C@H](N2CCN(c3ccc(F)cc3)CC2)C1. The molecule has 1 aromatic rings. The molecule has 0 unspecified atom stereocenters. The summed E-state index contributed by atoms with van der Waals surface area (Å²) in [5.74, 6) is -0.336. The summed E-state index contributed by atoms with van der Waals surface area (Å²) in [6.45, 7) is 2.90. The van der Waals surface area contributed by atoms with Gasteiger partial charge in [-0.3, -0.25) is 4.90 Å². The summed E-state index contributed by atoms with van der Waals surface area (Å²) < 4.78 is 36.1. The Labute approximate surface area is 123 Å². The molecule has 2 heterocycles. The van der Waals surface area contributed by atoms with E-state index >= 15 is 0 Å². The fraction of sp³-hybridized carbons (Fsp3) is 0.571. The average molecular weight is 314 g/mol. The molecular formula is C14H19FN2O3S. The Bertz CT molecular complexity index is 597. The van der Waals surface area contributed by atoms with Gasteiger partial charge in [0.25, 0.3) is 0 Å². The molecule has 2 fully saturated rings. The molecule has 0 aliphatic carbocycles. The first-order valence-electron chi connectivity index (χ1n) is 7.08. The standard InChI is InChI=1S/C14H19FN2O3S/c15-11-1-3-12(4-2-11)16-5-7-17(8-6-16)13-9-21(19,20)10-14(13)18/h1-4,13-14,18H,5-10H2/t13-,14-/m1/s1. The second-order valence-corrected chi connectivity index (χ2v) is 7.86. The number of benzene rings is 1. The molecule has 3 rings (SSSR count). The van der Waals surface area contributed by atoms with Crippen molar-refractivity contribution in [2.45, 2.75) is 12.1 Å². The van der Waals surface area contributed by atoms with Gasteiger partial charge in [0.05, 0.1) is 23.7 Å². The van der Waals surface area contributed by atoms with Crippen LogP contribution in [0.25, 0.3) is 0 Å². The van der Waals surface area contributed by atoms with Crippen LogP contribution in [0, 0.1) is 5.82 Å². The van der Waals surface area contributed by atoms with Crippen molar-refractivity contribution in [1.29, 1.82) is 0 Å². The number of hydrogen-bond donors (Lipinski definition) is 1. The fourth-order valence-corrected chi connectivity index (χ4v) is 4.95. The summed E-state index contributed by atoms with van der Waals surface area (Å²) in [5, 5.41) is 9.91. The number of piperazine rings is 1. The maximum Gasteiger partial charge on any atom is 0.154 e. The number of anilines is 1. The molecule has 7 heteroatoms. The molecule has 0 saturated carbocycles. The number of nitrogens with zero attached hydrogens (tertiary/aromatic N) is 2. The van der Waals surface area contributed by atoms with Gasteiger partial charge in [-0.1, -0.05) is 0 Å². The van der Waals surface area contributed by atoms with Crippen molar-refractivity contribution < 1.29 is 17.9 Å². The number of rotatable bonds is 2. The fourth-order valence-electron chi connectivity index (χ4n) is 3.12. The van der Waals surface area contributed by atoms with Crippen LogP contribution in [-0.4, -0.2) is 68.3 Å². The van der Waals surface area contributed by atoms with E-state index in [2.05, 4.69) is 9.80 Å². The average Bonchev–Trinajstić information content (AvgIpc) is 2.73. The molecule has 0 aromatic heterocycles. The van der Waals surface area contributed by atoms with Crippen LogP contribution in [0.2, 0.25) is 0 Å². The largest absolute Gasteiger partial charge is 0.390 e. The quantitative estimate of drug-likeness (QED) is 0.839. The highest BCUT2D eigenvalue weighted by Gasteiger charge is 2.40. The Morgan fingerprint density at radius 1 is 1.05 bits per heavy atom. The van der Waals surface area contributed by atoms with E-state index in [0.717, 1.165) is 18.8 Å². The Kier molecular flexibility index (Phi) is 3.90. The predicted molar refractivity (Wildman–Crippen MR) is 78.6 cm³/mol. The molecule has 2 aliphatic rings. The molecule has 5 nitrogen and oxygen atoms in total. The van der Waals surface area contributed by atoms with Crippen molar-refractivity contribution in [2.24, 2.45) is 0 Å². The zero-order valence-electron chi connectivity index (χ0n) is 11.7. The van der Waals surface area contributed by atoms with Gasteiger partial charge in [0, 0.05) is 31.9 Å². The lowest BCUT2D eigenvalue weighted by Gasteiger charge is -2.39. The van der Waals surface area contributed by atoms with Gasteiger partial charge in [-0.15, -0.1) is 0 Å². The van der Waals surface area contributed by atoms with E-state index in [-0.39, 0.29) is 23.4 Å². The molecule has 0 spiro atoms. The predicted octanol–water partition coefficient (Wildman–Crippen LogP) is 0.106. The Balaban J connectivity index is 1.62. The van der Waals surface area contributed by atoms with Crippen molar-refractivity contribution in [1.82, 2.24) is 4.90 Å². The van der Waals surface area contributed by atoms with Crippen molar-refractivity contribution in [3.63, 3.8) is 0 Å². The lowest BCUT2D eigenvalue weighted by Crippen LogP contribution is -2.53. The van der Waals surface area contributed by atoms with Crippen molar-refractivity contribution in [2.75, 3.05) is 42.6 Å². The zero-order chi connectivity index (χ0) is 15.0. The molecule has 116 valence electrons. The highest BCUT2D eigenvalue weighted by atomic mass is 32.2. The van der Waals surface area contributed by atoms with Crippen LogP contribution in [0.15, 0.2) is 24.3 Å². The lowest BCUT2D eigenvalue weighted by atomic mass is 10.1. The van der Waals surface area contributed by atoms with Gasteiger partial charge in [0.2, 0.25) is 0 Å². The molecule has 0 radical (unpaired) electrons. The minimum Gasteiger partial charge on any atom is -0.390 e. The van der Waals surface area contributed by atoms with Crippen molar-refractivity contribution >= 4 is 15.5 Å². The monoisotopic (exact) mass is 314 g/mol. The van der Waals surface area contributed by atoms with E-state index in [1.165, 1.54) is 12.1 Å². The third-order valence-corrected chi connectivity index (χ3v) is 5.97. The van der Waals surface area contributed by atoms with E-state index in [1.54, 1.807) is 12.1 Å². The summed E-state index contributed by atoms with van der Waals surface area (Å²) in [6, 6.07) is 6.09. The van der Waals surface area contributed by atoms with Crippen LogP contribution in [0.4, 0.5) is 10.1 Å². The van der Waals surface area contributed by atoms with Crippen LogP contribution < -0.4 is 4.90 Å². The van der Waals surface area contributed by atoms with Crippen molar-refractivity contribution in [3.8, 4) is 0 Å².